The Morgan fingerprint density at radius 2 is 2.42 bits per heavy atom. The van der Waals surface area contributed by atoms with Gasteiger partial charge in [0.15, 0.2) is 0 Å². The minimum atomic E-state index is 0.648. The van der Waals surface area contributed by atoms with Crippen LogP contribution in [0.5, 0.6) is 0 Å². The van der Waals surface area contributed by atoms with Crippen molar-refractivity contribution in [1.29, 1.82) is 0 Å². The predicted octanol–water partition coefficient (Wildman–Crippen LogP) is 1.50. The maximum absolute atomic E-state index is 5.85. The van der Waals surface area contributed by atoms with Gasteiger partial charge in [0.25, 0.3) is 0 Å². The average Bonchev–Trinajstić information content (AvgIpc) is 2.09. The zero-order valence-electron chi connectivity index (χ0n) is 6.76. The highest BCUT2D eigenvalue weighted by Gasteiger charge is 1.97. The minimum Gasteiger partial charge on any atom is -0.369 e. The molecule has 0 spiro atoms. The van der Waals surface area contributed by atoms with E-state index in [9.17, 15) is 0 Å². The van der Waals surface area contributed by atoms with Crippen molar-refractivity contribution in [3.8, 4) is 0 Å². The van der Waals surface area contributed by atoms with E-state index < -0.39 is 0 Å². The van der Waals surface area contributed by atoms with Crippen LogP contribution in [-0.2, 0) is 0 Å². The van der Waals surface area contributed by atoms with E-state index in [0.717, 1.165) is 18.8 Å². The van der Waals surface area contributed by atoms with Crippen molar-refractivity contribution >= 4 is 17.4 Å². The molecule has 1 rings (SSSR count). The SMILES string of the molecule is NCCCNc1ncccc1Cl. The Kier molecular flexibility index (Phi) is 3.84. The molecule has 66 valence electrons. The van der Waals surface area contributed by atoms with E-state index >= 15 is 0 Å². The third-order valence-electron chi connectivity index (χ3n) is 1.43. The number of anilines is 1. The molecule has 1 aromatic rings. The molecule has 0 radical (unpaired) electrons. The summed E-state index contributed by atoms with van der Waals surface area (Å²) in [4.78, 5) is 4.07. The Balaban J connectivity index is 2.46. The van der Waals surface area contributed by atoms with Gasteiger partial charge in [-0.05, 0) is 25.1 Å². The van der Waals surface area contributed by atoms with E-state index in [-0.39, 0.29) is 0 Å². The lowest BCUT2D eigenvalue weighted by atomic mass is 10.4. The molecule has 0 bridgehead atoms. The van der Waals surface area contributed by atoms with Gasteiger partial charge in [0.2, 0.25) is 0 Å². The second-order valence-corrected chi connectivity index (χ2v) is 2.81. The van der Waals surface area contributed by atoms with Gasteiger partial charge < -0.3 is 11.1 Å². The van der Waals surface area contributed by atoms with Crippen LogP contribution in [0.15, 0.2) is 18.3 Å². The summed E-state index contributed by atoms with van der Waals surface area (Å²) in [6, 6.07) is 3.61. The van der Waals surface area contributed by atoms with Gasteiger partial charge in [0.05, 0.1) is 5.02 Å². The Bertz CT molecular complexity index is 239. The molecule has 0 atom stereocenters. The van der Waals surface area contributed by atoms with Crippen LogP contribution in [-0.4, -0.2) is 18.1 Å². The number of aromatic nitrogens is 1. The minimum absolute atomic E-state index is 0.648. The molecule has 0 aromatic carbocycles. The number of nitrogens with zero attached hydrogens (tertiary/aromatic N) is 1. The molecule has 0 saturated heterocycles. The van der Waals surface area contributed by atoms with Gasteiger partial charge >= 0.3 is 0 Å². The summed E-state index contributed by atoms with van der Waals surface area (Å²) < 4.78 is 0. The molecule has 0 saturated carbocycles. The number of hydrogen-bond donors (Lipinski definition) is 2. The highest BCUT2D eigenvalue weighted by atomic mass is 35.5. The Morgan fingerprint density at radius 3 is 3.08 bits per heavy atom. The fourth-order valence-electron chi connectivity index (χ4n) is 0.825. The predicted molar refractivity (Wildman–Crippen MR) is 51.4 cm³/mol. The molecule has 0 unspecified atom stereocenters. The smallest absolute Gasteiger partial charge is 0.144 e. The average molecular weight is 186 g/mol. The van der Waals surface area contributed by atoms with Gasteiger partial charge in [-0.2, -0.15) is 0 Å². The van der Waals surface area contributed by atoms with E-state index in [2.05, 4.69) is 10.3 Å². The van der Waals surface area contributed by atoms with E-state index in [1.165, 1.54) is 0 Å². The Morgan fingerprint density at radius 1 is 1.58 bits per heavy atom. The summed E-state index contributed by atoms with van der Waals surface area (Å²) in [5.74, 6) is 0.729. The van der Waals surface area contributed by atoms with E-state index in [0.29, 0.717) is 11.6 Å². The van der Waals surface area contributed by atoms with Crippen LogP contribution in [0.4, 0.5) is 5.82 Å². The van der Waals surface area contributed by atoms with Crippen LogP contribution < -0.4 is 11.1 Å². The van der Waals surface area contributed by atoms with Gasteiger partial charge in [-0.15, -0.1) is 0 Å². The molecule has 3 N–H and O–H groups in total. The first kappa shape index (κ1) is 9.29. The number of rotatable bonds is 4. The lowest BCUT2D eigenvalue weighted by molar-refractivity contribution is 0.870. The normalized spacial score (nSPS) is 9.83. The van der Waals surface area contributed by atoms with Crippen molar-refractivity contribution in [2.75, 3.05) is 18.4 Å². The quantitative estimate of drug-likeness (QED) is 0.699. The monoisotopic (exact) mass is 185 g/mol. The first-order valence-corrected chi connectivity index (χ1v) is 4.27. The van der Waals surface area contributed by atoms with Gasteiger partial charge in [-0.1, -0.05) is 11.6 Å². The summed E-state index contributed by atoms with van der Waals surface area (Å²) >= 11 is 5.85. The Labute approximate surface area is 76.9 Å². The molecule has 0 amide bonds. The van der Waals surface area contributed by atoms with Gasteiger partial charge in [-0.3, -0.25) is 0 Å². The molecule has 1 heterocycles. The van der Waals surface area contributed by atoms with Crippen molar-refractivity contribution in [3.63, 3.8) is 0 Å². The van der Waals surface area contributed by atoms with Crippen molar-refractivity contribution in [3.05, 3.63) is 23.4 Å². The van der Waals surface area contributed by atoms with Crippen LogP contribution in [0.3, 0.4) is 0 Å². The number of nitrogens with two attached hydrogens (primary N) is 1. The van der Waals surface area contributed by atoms with Crippen molar-refractivity contribution in [1.82, 2.24) is 4.98 Å². The molecule has 3 nitrogen and oxygen atoms in total. The van der Waals surface area contributed by atoms with Crippen LogP contribution in [0, 0.1) is 0 Å². The summed E-state index contributed by atoms with van der Waals surface area (Å²) in [6.45, 7) is 1.49. The van der Waals surface area contributed by atoms with Crippen LogP contribution in [0.25, 0.3) is 0 Å². The molecule has 0 aliphatic heterocycles. The van der Waals surface area contributed by atoms with Gasteiger partial charge in [-0.25, -0.2) is 4.98 Å². The molecule has 0 aliphatic rings. The van der Waals surface area contributed by atoms with Crippen molar-refractivity contribution in [2.24, 2.45) is 5.73 Å². The maximum Gasteiger partial charge on any atom is 0.144 e. The van der Waals surface area contributed by atoms with E-state index in [4.69, 9.17) is 17.3 Å². The first-order chi connectivity index (χ1) is 5.84. The standard InChI is InChI=1S/C8H12ClN3/c9-7-3-1-5-11-8(7)12-6-2-4-10/h1,3,5H,2,4,6,10H2,(H,11,12). The number of pyridine rings is 1. The third kappa shape index (κ3) is 2.68. The molecular formula is C8H12ClN3. The lowest BCUT2D eigenvalue weighted by Crippen LogP contribution is -2.09. The van der Waals surface area contributed by atoms with Crippen molar-refractivity contribution < 1.29 is 0 Å². The summed E-state index contributed by atoms with van der Waals surface area (Å²) in [5, 5.41) is 3.74. The van der Waals surface area contributed by atoms with Crippen LogP contribution >= 0.6 is 11.6 Å². The maximum atomic E-state index is 5.85. The second kappa shape index (κ2) is 4.95. The molecule has 1 aromatic heterocycles. The largest absolute Gasteiger partial charge is 0.369 e. The number of nitrogens with one attached hydrogen (secondary N) is 1. The van der Waals surface area contributed by atoms with E-state index in [1.807, 2.05) is 0 Å². The summed E-state index contributed by atoms with van der Waals surface area (Å²) in [6.07, 6.45) is 2.63. The van der Waals surface area contributed by atoms with Crippen LogP contribution in [0.2, 0.25) is 5.02 Å². The highest BCUT2D eigenvalue weighted by molar-refractivity contribution is 6.32. The molecule has 0 aliphatic carbocycles. The molecular weight excluding hydrogens is 174 g/mol. The van der Waals surface area contributed by atoms with Crippen LogP contribution in [0.1, 0.15) is 6.42 Å². The topological polar surface area (TPSA) is 50.9 Å². The number of halogens is 1. The zero-order valence-corrected chi connectivity index (χ0v) is 7.51. The highest BCUT2D eigenvalue weighted by Crippen LogP contribution is 2.16. The summed E-state index contributed by atoms with van der Waals surface area (Å²) in [5.41, 5.74) is 5.34. The summed E-state index contributed by atoms with van der Waals surface area (Å²) in [7, 11) is 0. The van der Waals surface area contributed by atoms with Gasteiger partial charge in [0.1, 0.15) is 5.82 Å². The van der Waals surface area contributed by atoms with Gasteiger partial charge in [0, 0.05) is 12.7 Å². The fourth-order valence-corrected chi connectivity index (χ4v) is 1.01. The fraction of sp³-hybridized carbons (Fsp3) is 0.375. The van der Waals surface area contributed by atoms with Crippen molar-refractivity contribution in [2.45, 2.75) is 6.42 Å². The molecule has 4 heteroatoms. The molecule has 0 fully saturated rings. The first-order valence-electron chi connectivity index (χ1n) is 3.89. The Hall–Kier alpha value is -0.800. The van der Waals surface area contributed by atoms with E-state index in [1.54, 1.807) is 18.3 Å². The lowest BCUT2D eigenvalue weighted by Gasteiger charge is -2.04. The second-order valence-electron chi connectivity index (χ2n) is 2.40. The molecule has 12 heavy (non-hydrogen) atoms. The third-order valence-corrected chi connectivity index (χ3v) is 1.74. The zero-order chi connectivity index (χ0) is 8.81. The number of hydrogen-bond acceptors (Lipinski definition) is 3.